The predicted molar refractivity (Wildman–Crippen MR) is 152 cm³/mol. The van der Waals surface area contributed by atoms with E-state index in [0.29, 0.717) is 61.7 Å². The van der Waals surface area contributed by atoms with Gasteiger partial charge >= 0.3 is 0 Å². The molecule has 0 atom stereocenters. The minimum Gasteiger partial charge on any atom is -0.493 e. The highest BCUT2D eigenvalue weighted by atomic mass is 127. The molecule has 3 aromatic rings. The quantitative estimate of drug-likeness (QED) is 0.326. The van der Waals surface area contributed by atoms with Gasteiger partial charge in [-0.25, -0.2) is 13.4 Å². The molecule has 0 unspecified atom stereocenters. The van der Waals surface area contributed by atoms with E-state index in [2.05, 4.69) is 34.5 Å². The van der Waals surface area contributed by atoms with Crippen molar-refractivity contribution < 1.29 is 18.3 Å². The van der Waals surface area contributed by atoms with Crippen LogP contribution >= 0.6 is 22.6 Å². The molecule has 0 saturated carbocycles. The van der Waals surface area contributed by atoms with E-state index >= 15 is 0 Å². The molecule has 3 heterocycles. The molecular weight excluding hydrogens is 609 g/mol. The number of nitrogens with zero attached hydrogens (tertiary/aromatic N) is 4. The Morgan fingerprint density at radius 1 is 1.16 bits per heavy atom. The highest BCUT2D eigenvalue weighted by Crippen LogP contribution is 2.33. The summed E-state index contributed by atoms with van der Waals surface area (Å²) < 4.78 is 37.3. The number of sulfonamides is 1. The first-order valence-electron chi connectivity index (χ1n) is 12.6. The van der Waals surface area contributed by atoms with Crippen LogP contribution in [-0.2, 0) is 23.5 Å². The Morgan fingerprint density at radius 3 is 2.54 bits per heavy atom. The van der Waals surface area contributed by atoms with Crippen molar-refractivity contribution in [1.82, 2.24) is 23.7 Å². The van der Waals surface area contributed by atoms with Crippen LogP contribution in [0.3, 0.4) is 0 Å². The zero-order chi connectivity index (χ0) is 26.7. The van der Waals surface area contributed by atoms with E-state index in [4.69, 9.17) is 9.72 Å². The van der Waals surface area contributed by atoms with Gasteiger partial charge in [0.05, 0.1) is 27.4 Å². The zero-order valence-electron chi connectivity index (χ0n) is 21.5. The third-order valence-corrected chi connectivity index (χ3v) is 9.88. The van der Waals surface area contributed by atoms with E-state index in [1.54, 1.807) is 18.2 Å². The van der Waals surface area contributed by atoms with Crippen LogP contribution in [0.4, 0.5) is 0 Å². The lowest BCUT2D eigenvalue weighted by molar-refractivity contribution is 0.151. The lowest BCUT2D eigenvalue weighted by atomic mass is 10.1. The number of aromatic amines is 1. The molecule has 0 spiro atoms. The molecule has 1 saturated heterocycles. The first-order chi connectivity index (χ1) is 17.7. The van der Waals surface area contributed by atoms with Crippen molar-refractivity contribution in [3.8, 4) is 17.1 Å². The zero-order valence-corrected chi connectivity index (χ0v) is 24.4. The lowest BCUT2D eigenvalue weighted by Crippen LogP contribution is -2.49. The maximum Gasteiger partial charge on any atom is 0.275 e. The summed E-state index contributed by atoms with van der Waals surface area (Å²) in [5, 5.41) is 9.18. The molecule has 2 aromatic heterocycles. The van der Waals surface area contributed by atoms with Crippen LogP contribution in [0.15, 0.2) is 27.9 Å². The van der Waals surface area contributed by atoms with Crippen molar-refractivity contribution in [2.75, 3.05) is 45.9 Å². The Kier molecular flexibility index (Phi) is 8.94. The van der Waals surface area contributed by atoms with Gasteiger partial charge in [-0.3, -0.25) is 9.69 Å². The predicted octanol–water partition coefficient (Wildman–Crippen LogP) is 2.57. The summed E-state index contributed by atoms with van der Waals surface area (Å²) in [4.78, 5) is 23.1. The molecule has 0 aliphatic carbocycles. The number of piperazine rings is 1. The van der Waals surface area contributed by atoms with E-state index < -0.39 is 10.0 Å². The van der Waals surface area contributed by atoms with Gasteiger partial charge in [0.15, 0.2) is 0 Å². The highest BCUT2D eigenvalue weighted by Gasteiger charge is 2.29. The van der Waals surface area contributed by atoms with Crippen molar-refractivity contribution in [3.05, 3.63) is 37.8 Å². The van der Waals surface area contributed by atoms with E-state index in [1.807, 2.05) is 23.4 Å². The normalized spacial score (nSPS) is 15.5. The maximum atomic E-state index is 13.5. The van der Waals surface area contributed by atoms with Gasteiger partial charge in [-0.1, -0.05) is 20.3 Å². The molecule has 10 nitrogen and oxygen atoms in total. The summed E-state index contributed by atoms with van der Waals surface area (Å²) in [5.41, 5.74) is 2.29. The number of rotatable bonds is 10. The van der Waals surface area contributed by atoms with E-state index in [1.165, 1.54) is 4.31 Å². The molecule has 12 heteroatoms. The van der Waals surface area contributed by atoms with Gasteiger partial charge in [-0.15, -0.1) is 0 Å². The van der Waals surface area contributed by atoms with Crippen molar-refractivity contribution in [2.45, 2.75) is 38.0 Å². The van der Waals surface area contributed by atoms with Gasteiger partial charge in [0.1, 0.15) is 22.6 Å². The second-order valence-electron chi connectivity index (χ2n) is 9.17. The first-order valence-corrected chi connectivity index (χ1v) is 15.1. The second kappa shape index (κ2) is 11.8. The second-order valence-corrected chi connectivity index (χ2v) is 12.1. The smallest absolute Gasteiger partial charge is 0.275 e. The Labute approximate surface area is 230 Å². The number of aromatic nitrogens is 3. The summed E-state index contributed by atoms with van der Waals surface area (Å²) in [6.07, 6.45) is 2.46. The van der Waals surface area contributed by atoms with Crippen molar-refractivity contribution in [1.29, 1.82) is 0 Å². The van der Waals surface area contributed by atoms with Crippen LogP contribution in [0.5, 0.6) is 5.75 Å². The fourth-order valence-corrected chi connectivity index (χ4v) is 6.88. The summed E-state index contributed by atoms with van der Waals surface area (Å²) in [5.74, 6) is 0.756. The number of fused-ring (bicyclic) bond motifs is 1. The fourth-order valence-electron chi connectivity index (χ4n) is 4.66. The Morgan fingerprint density at radius 2 is 1.89 bits per heavy atom. The van der Waals surface area contributed by atoms with Crippen LogP contribution in [0.25, 0.3) is 22.4 Å². The minimum absolute atomic E-state index is 0.0469. The molecule has 202 valence electrons. The number of aryl methyl sites for hydroxylation is 2. The van der Waals surface area contributed by atoms with Gasteiger partial charge in [0.25, 0.3) is 5.56 Å². The number of β-amino-alcohol motifs (C(OH)–C–C–N with tert-alkyl or cyclic N) is 1. The molecule has 1 fully saturated rings. The molecule has 0 radical (unpaired) electrons. The molecule has 1 aliphatic heterocycles. The van der Waals surface area contributed by atoms with Crippen LogP contribution < -0.4 is 10.3 Å². The summed E-state index contributed by atoms with van der Waals surface area (Å²) in [6.45, 7) is 6.90. The van der Waals surface area contributed by atoms with Gasteiger partial charge < -0.3 is 19.4 Å². The molecular formula is C25H34IN5O5S. The number of benzene rings is 1. The Hall–Kier alpha value is -2.00. The van der Waals surface area contributed by atoms with Gasteiger partial charge in [0.2, 0.25) is 10.0 Å². The largest absolute Gasteiger partial charge is 0.493 e. The summed E-state index contributed by atoms with van der Waals surface area (Å²) >= 11 is 2.24. The van der Waals surface area contributed by atoms with E-state index in [9.17, 15) is 18.3 Å². The van der Waals surface area contributed by atoms with Gasteiger partial charge in [0, 0.05) is 45.3 Å². The number of H-pyrrole nitrogens is 1. The molecule has 37 heavy (non-hydrogen) atoms. The van der Waals surface area contributed by atoms with Gasteiger partial charge in [-0.2, -0.15) is 4.31 Å². The number of aliphatic hydroxyl groups is 1. The third kappa shape index (κ3) is 5.58. The van der Waals surface area contributed by atoms with Crippen LogP contribution in [0.1, 0.15) is 32.3 Å². The number of hydrogen-bond acceptors (Lipinski definition) is 7. The maximum absolute atomic E-state index is 13.5. The van der Waals surface area contributed by atoms with Crippen LogP contribution in [0, 0.1) is 3.70 Å². The summed E-state index contributed by atoms with van der Waals surface area (Å²) in [6, 6.07) is 4.75. The van der Waals surface area contributed by atoms with E-state index in [-0.39, 0.29) is 22.9 Å². The molecule has 2 N–H and O–H groups in total. The summed E-state index contributed by atoms with van der Waals surface area (Å²) in [7, 11) is -1.93. The topological polar surface area (TPSA) is 121 Å². The number of nitrogens with one attached hydrogen (secondary N) is 1. The number of ether oxygens (including phenoxy) is 1. The lowest BCUT2D eigenvalue weighted by Gasteiger charge is -2.33. The third-order valence-electron chi connectivity index (χ3n) is 6.61. The molecule has 1 aliphatic rings. The van der Waals surface area contributed by atoms with Gasteiger partial charge in [-0.05, 0) is 53.6 Å². The Bertz CT molecular complexity index is 1430. The average Bonchev–Trinajstić information content (AvgIpc) is 3.13. The molecule has 0 amide bonds. The molecule has 4 rings (SSSR count). The number of halogens is 1. The first kappa shape index (κ1) is 28.0. The fraction of sp³-hybridized carbons (Fsp3) is 0.520. The van der Waals surface area contributed by atoms with Crippen molar-refractivity contribution >= 4 is 43.6 Å². The molecule has 1 aromatic carbocycles. The van der Waals surface area contributed by atoms with Crippen LogP contribution in [-0.4, -0.2) is 83.2 Å². The van der Waals surface area contributed by atoms with Crippen LogP contribution in [0.2, 0.25) is 0 Å². The average molecular weight is 644 g/mol. The van der Waals surface area contributed by atoms with Crippen molar-refractivity contribution in [3.63, 3.8) is 0 Å². The minimum atomic E-state index is -3.78. The highest BCUT2D eigenvalue weighted by molar-refractivity contribution is 14.1. The van der Waals surface area contributed by atoms with E-state index in [0.717, 1.165) is 28.5 Å². The Balaban J connectivity index is 1.81. The SMILES string of the molecule is CCCOc1ccc(S(=O)(=O)N2CCN(CCO)CC2)cc1-c1nc2c(CCC)c(I)n(C)c2c(=O)[nH]1. The monoisotopic (exact) mass is 643 g/mol. The number of aliphatic hydroxyl groups excluding tert-OH is 1. The van der Waals surface area contributed by atoms with Crippen molar-refractivity contribution in [2.24, 2.45) is 7.05 Å². The molecule has 0 bridgehead atoms. The number of hydrogen-bond donors (Lipinski definition) is 2. The standard InChI is InChI=1S/C25H34IN5O5S/c1-4-6-18-21-22(29(3)23(18)26)25(33)28-24(27-21)19-16-17(7-8-20(19)36-15-5-2)37(34,35)31-11-9-30(10-12-31)13-14-32/h7-8,16,32H,4-6,9-15H2,1-3H3,(H,27,28,33).